The molecule has 0 radical (unpaired) electrons. The summed E-state index contributed by atoms with van der Waals surface area (Å²) in [7, 11) is 0. The molecule has 0 aliphatic rings. The smallest absolute Gasteiger partial charge is 1.00 e. The molecule has 0 saturated carbocycles. The summed E-state index contributed by atoms with van der Waals surface area (Å²) in [4.78, 5) is -0.222. The van der Waals surface area contributed by atoms with E-state index >= 15 is 0 Å². The Morgan fingerprint density at radius 3 is 1.60 bits per heavy atom. The summed E-state index contributed by atoms with van der Waals surface area (Å²) in [6.45, 7) is 1.70. The van der Waals surface area contributed by atoms with Crippen LogP contribution in [0.1, 0.15) is 8.35 Å². The molecule has 0 N–H and O–H groups in total. The van der Waals surface area contributed by atoms with Gasteiger partial charge in [-0.2, -0.15) is 0 Å². The van der Waals surface area contributed by atoms with Crippen LogP contribution in [-0.4, -0.2) is 4.84 Å². The normalized spacial score (nSPS) is 7.20. The van der Waals surface area contributed by atoms with Gasteiger partial charge >= 0.3 is 29.6 Å². The topological polar surface area (TPSA) is 0 Å². The van der Waals surface area contributed by atoms with Gasteiger partial charge in [-0.1, -0.05) is 0 Å². The van der Waals surface area contributed by atoms with Crippen molar-refractivity contribution in [3.8, 4) is 0 Å². The zero-order chi connectivity index (χ0) is 3.58. The Bertz CT molecular complexity index is 16.3. The van der Waals surface area contributed by atoms with Crippen LogP contribution < -0.4 is 29.6 Å². The Hall–Kier alpha value is 1.58. The van der Waals surface area contributed by atoms with Gasteiger partial charge in [0, 0.05) is 0 Å². The van der Waals surface area contributed by atoms with Crippen molar-refractivity contribution in [3.05, 3.63) is 0 Å². The Balaban J connectivity index is -0.0000000450. The quantitative estimate of drug-likeness (QED) is 0.284. The maximum Gasteiger partial charge on any atom is 1.00 e. The SMILES string of the molecule is CC(Cl)Cl.[H-].[Na+]. The van der Waals surface area contributed by atoms with Gasteiger partial charge in [-0.15, -0.1) is 23.2 Å². The first-order valence-electron chi connectivity index (χ1n) is 1.01. The predicted octanol–water partition coefficient (Wildman–Crippen LogP) is -1.07. The molecule has 0 unspecified atom stereocenters. The summed E-state index contributed by atoms with van der Waals surface area (Å²) in [6.07, 6.45) is 0. The Kier molecular flexibility index (Phi) is 10.9. The number of hydrogen-bond donors (Lipinski definition) is 0. The van der Waals surface area contributed by atoms with Gasteiger partial charge in [-0.3, -0.25) is 0 Å². The molecule has 0 aromatic heterocycles. The molecule has 0 heterocycles. The van der Waals surface area contributed by atoms with E-state index in [0.29, 0.717) is 0 Å². The largest absolute Gasteiger partial charge is 1.00 e. The second kappa shape index (κ2) is 5.58. The summed E-state index contributed by atoms with van der Waals surface area (Å²) >= 11 is 10.1. The minimum atomic E-state index is -0.222. The van der Waals surface area contributed by atoms with Crippen molar-refractivity contribution in [3.63, 3.8) is 0 Å². The molecule has 0 nitrogen and oxygen atoms in total. The van der Waals surface area contributed by atoms with E-state index in [1.165, 1.54) is 0 Å². The average molecular weight is 123 g/mol. The minimum Gasteiger partial charge on any atom is -1.00 e. The molecule has 0 atom stereocenters. The second-order valence-electron chi connectivity index (χ2n) is 0.519. The van der Waals surface area contributed by atoms with Crippen LogP contribution >= 0.6 is 23.2 Å². The monoisotopic (exact) mass is 122 g/mol. The van der Waals surface area contributed by atoms with Gasteiger partial charge in [-0.05, 0) is 6.92 Å². The minimum absolute atomic E-state index is 0. The van der Waals surface area contributed by atoms with Crippen molar-refractivity contribution in [1.29, 1.82) is 0 Å². The molecule has 0 amide bonds. The average Bonchev–Trinajstić information content (AvgIpc) is 0.811. The molecule has 0 fully saturated rings. The molecule has 3 heteroatoms. The molecular weight excluding hydrogens is 118 g/mol. The fourth-order valence-corrected chi connectivity index (χ4v) is 0. The fourth-order valence-electron chi connectivity index (χ4n) is 0. The molecule has 0 spiro atoms. The summed E-state index contributed by atoms with van der Waals surface area (Å²) in [5.41, 5.74) is 0. The zero-order valence-corrected chi connectivity index (χ0v) is 6.85. The van der Waals surface area contributed by atoms with Gasteiger partial charge in [-0.25, -0.2) is 0 Å². The summed E-state index contributed by atoms with van der Waals surface area (Å²) in [5, 5.41) is 0. The number of halogens is 2. The first-order valence-corrected chi connectivity index (χ1v) is 1.89. The van der Waals surface area contributed by atoms with Crippen molar-refractivity contribution in [2.24, 2.45) is 0 Å². The molecule has 0 aromatic rings. The van der Waals surface area contributed by atoms with E-state index in [9.17, 15) is 0 Å². The van der Waals surface area contributed by atoms with E-state index < -0.39 is 0 Å². The Morgan fingerprint density at radius 1 is 1.60 bits per heavy atom. The Morgan fingerprint density at radius 2 is 1.60 bits per heavy atom. The summed E-state index contributed by atoms with van der Waals surface area (Å²) in [6, 6.07) is 0. The molecular formula is C2H5Cl2Na. The van der Waals surface area contributed by atoms with E-state index in [-0.39, 0.29) is 35.8 Å². The Labute approximate surface area is 65.6 Å². The van der Waals surface area contributed by atoms with Gasteiger partial charge in [0.15, 0.2) is 0 Å². The molecule has 0 aliphatic carbocycles. The third kappa shape index (κ3) is 28.6. The second-order valence-corrected chi connectivity index (χ2v) is 2.05. The number of alkyl halides is 2. The third-order valence-electron chi connectivity index (χ3n) is 0. The fraction of sp³-hybridized carbons (Fsp3) is 1.00. The molecule has 0 rings (SSSR count). The van der Waals surface area contributed by atoms with Gasteiger partial charge in [0.25, 0.3) is 0 Å². The standard InChI is InChI=1S/C2H4Cl2.Na.H/c1-2(3)4;;/h2H,1H3;;/q;+1;-1. The maximum atomic E-state index is 5.04. The molecule has 0 saturated heterocycles. The van der Waals surface area contributed by atoms with Gasteiger partial charge in [0.1, 0.15) is 4.84 Å². The maximum absolute atomic E-state index is 5.04. The summed E-state index contributed by atoms with van der Waals surface area (Å²) < 4.78 is 0. The van der Waals surface area contributed by atoms with Crippen LogP contribution in [0, 0.1) is 0 Å². The van der Waals surface area contributed by atoms with Crippen LogP contribution in [-0.2, 0) is 0 Å². The number of rotatable bonds is 0. The first kappa shape index (κ1) is 9.77. The van der Waals surface area contributed by atoms with Crippen molar-refractivity contribution < 1.29 is 31.0 Å². The van der Waals surface area contributed by atoms with Crippen LogP contribution in [0.2, 0.25) is 0 Å². The molecule has 28 valence electrons. The van der Waals surface area contributed by atoms with Gasteiger partial charge in [0.05, 0.1) is 0 Å². The van der Waals surface area contributed by atoms with Gasteiger partial charge in [0.2, 0.25) is 0 Å². The van der Waals surface area contributed by atoms with Gasteiger partial charge < -0.3 is 1.43 Å². The molecule has 0 bridgehead atoms. The van der Waals surface area contributed by atoms with E-state index in [4.69, 9.17) is 23.2 Å². The van der Waals surface area contributed by atoms with Crippen LogP contribution in [0.4, 0.5) is 0 Å². The van der Waals surface area contributed by atoms with Crippen molar-refractivity contribution in [2.75, 3.05) is 0 Å². The van der Waals surface area contributed by atoms with Crippen molar-refractivity contribution >= 4 is 23.2 Å². The summed E-state index contributed by atoms with van der Waals surface area (Å²) in [5.74, 6) is 0. The predicted molar refractivity (Wildman–Crippen MR) is 22.3 cm³/mol. The molecule has 0 aliphatic heterocycles. The van der Waals surface area contributed by atoms with E-state index in [1.807, 2.05) is 0 Å². The van der Waals surface area contributed by atoms with E-state index in [2.05, 4.69) is 0 Å². The zero-order valence-electron chi connectivity index (χ0n) is 4.33. The van der Waals surface area contributed by atoms with Crippen molar-refractivity contribution in [2.45, 2.75) is 11.8 Å². The van der Waals surface area contributed by atoms with Crippen LogP contribution in [0.25, 0.3) is 0 Å². The van der Waals surface area contributed by atoms with Crippen molar-refractivity contribution in [1.82, 2.24) is 0 Å². The van der Waals surface area contributed by atoms with Crippen LogP contribution in [0.5, 0.6) is 0 Å². The number of hydrogen-bond acceptors (Lipinski definition) is 0. The van der Waals surface area contributed by atoms with E-state index in [1.54, 1.807) is 6.92 Å². The molecule has 0 aromatic carbocycles. The first-order chi connectivity index (χ1) is 1.73. The van der Waals surface area contributed by atoms with Crippen LogP contribution in [0.3, 0.4) is 0 Å². The van der Waals surface area contributed by atoms with E-state index in [0.717, 1.165) is 0 Å². The molecule has 5 heavy (non-hydrogen) atoms. The van der Waals surface area contributed by atoms with Crippen LogP contribution in [0.15, 0.2) is 0 Å². The third-order valence-corrected chi connectivity index (χ3v) is 0.